The van der Waals surface area contributed by atoms with Crippen molar-refractivity contribution in [3.63, 3.8) is 0 Å². The molecule has 27 heavy (non-hydrogen) atoms. The summed E-state index contributed by atoms with van der Waals surface area (Å²) in [5.41, 5.74) is 1.22. The van der Waals surface area contributed by atoms with Crippen LogP contribution < -0.4 is 4.74 Å². The number of aromatic nitrogens is 3. The van der Waals surface area contributed by atoms with Crippen LogP contribution in [0.1, 0.15) is 43.5 Å². The summed E-state index contributed by atoms with van der Waals surface area (Å²) < 4.78 is 20.0. The minimum atomic E-state index is -0.579. The molecule has 0 amide bonds. The van der Waals surface area contributed by atoms with E-state index in [1.807, 2.05) is 26.0 Å². The molecule has 3 heterocycles. The van der Waals surface area contributed by atoms with E-state index in [0.29, 0.717) is 33.3 Å². The number of ketones is 1. The van der Waals surface area contributed by atoms with E-state index in [9.17, 15) is 9.18 Å². The Morgan fingerprint density at radius 3 is 2.67 bits per heavy atom. The minimum absolute atomic E-state index is 0.0739. The quantitative estimate of drug-likeness (QED) is 0.598. The zero-order valence-corrected chi connectivity index (χ0v) is 15.8. The molecule has 1 aliphatic heterocycles. The smallest absolute Gasteiger partial charge is 0.223 e. The van der Waals surface area contributed by atoms with Gasteiger partial charge in [0.2, 0.25) is 5.95 Å². The van der Waals surface area contributed by atoms with E-state index in [-0.39, 0.29) is 5.78 Å². The van der Waals surface area contributed by atoms with Crippen LogP contribution in [0.3, 0.4) is 0 Å². The molecule has 0 aliphatic carbocycles. The molecule has 0 saturated carbocycles. The van der Waals surface area contributed by atoms with E-state index >= 15 is 0 Å². The number of fused-ring (bicyclic) bond motifs is 1. The van der Waals surface area contributed by atoms with Crippen molar-refractivity contribution in [2.24, 2.45) is 0 Å². The molecule has 1 aromatic carbocycles. The number of hydrogen-bond donors (Lipinski definition) is 0. The van der Waals surface area contributed by atoms with Crippen molar-refractivity contribution in [3.05, 3.63) is 48.0 Å². The Balaban J connectivity index is 1.69. The van der Waals surface area contributed by atoms with Gasteiger partial charge in [0.05, 0.1) is 17.5 Å². The molecule has 0 saturated heterocycles. The summed E-state index contributed by atoms with van der Waals surface area (Å²) in [5.74, 6) is 0.108. The average molecular weight is 383 g/mol. The molecule has 5 nitrogen and oxygen atoms in total. The summed E-state index contributed by atoms with van der Waals surface area (Å²) in [6.45, 7) is 4.08. The Bertz CT molecular complexity index is 1010. The number of hydrogen-bond acceptors (Lipinski definition) is 6. The zero-order valence-electron chi connectivity index (χ0n) is 15.0. The molecule has 0 unspecified atom stereocenters. The number of Topliss-reactive ketones (excluding diaryl/α,β-unsaturated/α-hetero) is 1. The predicted octanol–water partition coefficient (Wildman–Crippen LogP) is 4.93. The van der Waals surface area contributed by atoms with E-state index in [1.165, 1.54) is 17.5 Å². The molecule has 0 radical (unpaired) electrons. The van der Waals surface area contributed by atoms with Crippen LogP contribution in [0.15, 0.2) is 36.5 Å². The molecule has 0 bridgehead atoms. The van der Waals surface area contributed by atoms with Crippen LogP contribution >= 0.6 is 11.3 Å². The van der Waals surface area contributed by atoms with E-state index < -0.39 is 11.5 Å². The van der Waals surface area contributed by atoms with Crippen molar-refractivity contribution >= 4 is 17.1 Å². The van der Waals surface area contributed by atoms with E-state index in [2.05, 4.69) is 15.2 Å². The number of pyridine rings is 1. The van der Waals surface area contributed by atoms with Crippen molar-refractivity contribution in [1.82, 2.24) is 15.2 Å². The summed E-state index contributed by atoms with van der Waals surface area (Å²) in [5, 5.41) is 9.31. The molecule has 0 N–H and O–H groups in total. The summed E-state index contributed by atoms with van der Waals surface area (Å²) in [4.78, 5) is 16.3. The van der Waals surface area contributed by atoms with Gasteiger partial charge in [-0.15, -0.1) is 10.2 Å². The first-order valence-electron chi connectivity index (χ1n) is 8.86. The lowest BCUT2D eigenvalue weighted by Gasteiger charge is -2.36. The Labute approximate surface area is 160 Å². The van der Waals surface area contributed by atoms with Crippen molar-refractivity contribution in [2.75, 3.05) is 0 Å². The van der Waals surface area contributed by atoms with Crippen LogP contribution in [0.2, 0.25) is 0 Å². The van der Waals surface area contributed by atoms with Crippen LogP contribution in [-0.2, 0) is 0 Å². The highest BCUT2D eigenvalue weighted by Gasteiger charge is 2.37. The fourth-order valence-electron chi connectivity index (χ4n) is 3.27. The van der Waals surface area contributed by atoms with Gasteiger partial charge in [-0.3, -0.25) is 4.79 Å². The van der Waals surface area contributed by atoms with Crippen molar-refractivity contribution in [2.45, 2.75) is 38.7 Å². The third-order valence-electron chi connectivity index (χ3n) is 5.04. The molecule has 0 fully saturated rings. The Kier molecular flexibility index (Phi) is 4.47. The highest BCUT2D eigenvalue weighted by Crippen LogP contribution is 2.40. The van der Waals surface area contributed by atoms with Gasteiger partial charge >= 0.3 is 0 Å². The monoisotopic (exact) mass is 383 g/mol. The molecule has 138 valence electrons. The van der Waals surface area contributed by atoms with Crippen molar-refractivity contribution in [3.8, 4) is 26.9 Å². The van der Waals surface area contributed by atoms with Crippen molar-refractivity contribution in [1.29, 1.82) is 0 Å². The predicted molar refractivity (Wildman–Crippen MR) is 101 cm³/mol. The summed E-state index contributed by atoms with van der Waals surface area (Å²) in [6, 6.07) is 8.73. The molecule has 7 heteroatoms. The second-order valence-electron chi connectivity index (χ2n) is 6.56. The maximum atomic E-state index is 13.9. The lowest BCUT2D eigenvalue weighted by atomic mass is 9.85. The standard InChI is InChI=1S/C20H18FN3O2S/c1-3-20(4-2)11-15(25)14-10-12(7-8-16(14)26-20)18-23-24-19(27-18)13-6-5-9-22-17(13)21/h5-10H,3-4,11H2,1-2H3. The fraction of sp³-hybridized carbons (Fsp3) is 0.300. The second kappa shape index (κ2) is 6.81. The molecule has 2 aromatic heterocycles. The number of rotatable bonds is 4. The van der Waals surface area contributed by atoms with E-state index in [4.69, 9.17) is 4.74 Å². The third kappa shape index (κ3) is 3.12. The van der Waals surface area contributed by atoms with Crippen molar-refractivity contribution < 1.29 is 13.9 Å². The van der Waals surface area contributed by atoms with E-state index in [1.54, 1.807) is 18.2 Å². The van der Waals surface area contributed by atoms with Gasteiger partial charge in [-0.2, -0.15) is 4.39 Å². The van der Waals surface area contributed by atoms with Crippen LogP contribution in [-0.4, -0.2) is 26.6 Å². The SMILES string of the molecule is CCC1(CC)CC(=O)c2cc(-c3nnc(-c4cccnc4F)s3)ccc2O1. The van der Waals surface area contributed by atoms with Gasteiger partial charge in [0.25, 0.3) is 0 Å². The van der Waals surface area contributed by atoms with Gasteiger partial charge in [0.15, 0.2) is 10.8 Å². The summed E-state index contributed by atoms with van der Waals surface area (Å²) in [6.07, 6.45) is 3.33. The number of ether oxygens (including phenoxy) is 1. The fourth-order valence-corrected chi connectivity index (χ4v) is 4.12. The van der Waals surface area contributed by atoms with Crippen LogP contribution in [0.5, 0.6) is 5.75 Å². The van der Waals surface area contributed by atoms with Gasteiger partial charge < -0.3 is 4.74 Å². The van der Waals surface area contributed by atoms with Crippen LogP contribution in [0, 0.1) is 5.95 Å². The number of halogens is 1. The number of carbonyl (C=O) groups excluding carboxylic acids is 1. The summed E-state index contributed by atoms with van der Waals surface area (Å²) in [7, 11) is 0. The topological polar surface area (TPSA) is 65.0 Å². The highest BCUT2D eigenvalue weighted by atomic mass is 32.1. The maximum Gasteiger partial charge on any atom is 0.223 e. The summed E-state index contributed by atoms with van der Waals surface area (Å²) >= 11 is 1.26. The Morgan fingerprint density at radius 1 is 1.15 bits per heavy atom. The normalized spacial score (nSPS) is 15.3. The van der Waals surface area contributed by atoms with Crippen LogP contribution in [0.4, 0.5) is 4.39 Å². The highest BCUT2D eigenvalue weighted by molar-refractivity contribution is 7.17. The van der Waals surface area contributed by atoms with Gasteiger partial charge in [-0.1, -0.05) is 25.2 Å². The number of carbonyl (C=O) groups is 1. The van der Waals surface area contributed by atoms with E-state index in [0.717, 1.165) is 18.4 Å². The minimum Gasteiger partial charge on any atom is -0.486 e. The van der Waals surface area contributed by atoms with Crippen LogP contribution in [0.25, 0.3) is 21.1 Å². The molecular formula is C20H18FN3O2S. The van der Waals surface area contributed by atoms with Gasteiger partial charge in [0.1, 0.15) is 16.4 Å². The van der Waals surface area contributed by atoms with Gasteiger partial charge in [-0.25, -0.2) is 4.98 Å². The largest absolute Gasteiger partial charge is 0.486 e. The lowest BCUT2D eigenvalue weighted by molar-refractivity contribution is 0.0350. The molecule has 0 spiro atoms. The van der Waals surface area contributed by atoms with Gasteiger partial charge in [-0.05, 0) is 43.2 Å². The molecular weight excluding hydrogens is 365 g/mol. The number of nitrogens with zero attached hydrogens (tertiary/aromatic N) is 3. The first kappa shape index (κ1) is 17.7. The first-order chi connectivity index (χ1) is 13.0. The average Bonchev–Trinajstić information content (AvgIpc) is 3.18. The molecule has 0 atom stereocenters. The first-order valence-corrected chi connectivity index (χ1v) is 9.68. The van der Waals surface area contributed by atoms with Gasteiger partial charge in [0, 0.05) is 11.8 Å². The molecule has 4 rings (SSSR count). The molecule has 3 aromatic rings. The zero-order chi connectivity index (χ0) is 19.0. The molecule has 1 aliphatic rings. The second-order valence-corrected chi connectivity index (χ2v) is 7.53. The number of benzene rings is 1. The lowest BCUT2D eigenvalue weighted by Crippen LogP contribution is -2.40. The Morgan fingerprint density at radius 2 is 1.93 bits per heavy atom. The third-order valence-corrected chi connectivity index (χ3v) is 6.04. The maximum absolute atomic E-state index is 13.9. The Hall–Kier alpha value is -2.67.